The highest BCUT2D eigenvalue weighted by atomic mass is 16.1. The third-order valence-corrected chi connectivity index (χ3v) is 5.90. The number of pyridine rings is 1. The molecule has 3 aromatic carbocycles. The summed E-state index contributed by atoms with van der Waals surface area (Å²) in [6, 6.07) is 28.4. The quantitative estimate of drug-likeness (QED) is 0.317. The van der Waals surface area contributed by atoms with Crippen molar-refractivity contribution in [3.63, 3.8) is 0 Å². The maximum absolute atomic E-state index is 13.2. The van der Waals surface area contributed by atoms with Crippen LogP contribution in [-0.2, 0) is 6.42 Å². The van der Waals surface area contributed by atoms with E-state index < -0.39 is 0 Å². The lowest BCUT2D eigenvalue weighted by Gasteiger charge is -2.16. The van der Waals surface area contributed by atoms with Crippen LogP contribution in [0, 0.1) is 0 Å². The zero-order valence-corrected chi connectivity index (χ0v) is 19.5. The maximum atomic E-state index is 13.2. The zero-order chi connectivity index (χ0) is 23.2. The third-order valence-electron chi connectivity index (χ3n) is 5.90. The van der Waals surface area contributed by atoms with Crippen molar-refractivity contribution in [3.05, 3.63) is 102 Å². The first kappa shape index (κ1) is 22.5. The summed E-state index contributed by atoms with van der Waals surface area (Å²) < 4.78 is 0. The van der Waals surface area contributed by atoms with Gasteiger partial charge in [-0.3, -0.25) is 4.79 Å². The van der Waals surface area contributed by atoms with Crippen LogP contribution in [0.25, 0.3) is 10.9 Å². The molecule has 1 amide bonds. The molecule has 33 heavy (non-hydrogen) atoms. The number of benzene rings is 3. The number of hydrogen-bond acceptors (Lipinski definition) is 3. The minimum atomic E-state index is -0.0765. The smallest absolute Gasteiger partial charge is 0.252 e. The lowest BCUT2D eigenvalue weighted by atomic mass is 10.0. The van der Waals surface area contributed by atoms with E-state index in [1.54, 1.807) is 0 Å². The Labute approximate surface area is 196 Å². The number of amides is 1. The molecule has 0 saturated heterocycles. The predicted octanol–water partition coefficient (Wildman–Crippen LogP) is 6.85. The number of hydrogen-bond donors (Lipinski definition) is 2. The van der Waals surface area contributed by atoms with Crippen LogP contribution >= 0.6 is 0 Å². The molecule has 4 nitrogen and oxygen atoms in total. The van der Waals surface area contributed by atoms with Gasteiger partial charge in [0.25, 0.3) is 5.91 Å². The Hall–Kier alpha value is -3.66. The normalized spacial score (nSPS) is 12.0. The number of aryl methyl sites for hydroxylation is 1. The highest BCUT2D eigenvalue weighted by Gasteiger charge is 2.15. The molecule has 0 fully saturated rings. The molecule has 0 aliphatic heterocycles. The Balaban J connectivity index is 1.52. The van der Waals surface area contributed by atoms with E-state index >= 15 is 0 Å². The Morgan fingerprint density at radius 2 is 1.58 bits per heavy atom. The Bertz CT molecular complexity index is 1220. The highest BCUT2D eigenvalue weighted by molar-refractivity contribution is 6.07. The lowest BCUT2D eigenvalue weighted by molar-refractivity contribution is 0.0940. The fraction of sp³-hybridized carbons (Fsp3) is 0.241. The third kappa shape index (κ3) is 5.78. The maximum Gasteiger partial charge on any atom is 0.252 e. The van der Waals surface area contributed by atoms with E-state index in [1.807, 2.05) is 48.5 Å². The van der Waals surface area contributed by atoms with E-state index in [0.717, 1.165) is 29.4 Å². The number of carbonyl (C=O) groups is 1. The van der Waals surface area contributed by atoms with Gasteiger partial charge in [0.15, 0.2) is 0 Å². The van der Waals surface area contributed by atoms with Crippen molar-refractivity contribution < 1.29 is 4.79 Å². The van der Waals surface area contributed by atoms with Crippen LogP contribution in [0.15, 0.2) is 84.9 Å². The van der Waals surface area contributed by atoms with Crippen LogP contribution in [0.1, 0.15) is 54.6 Å². The standard InChI is InChI=1S/C29H31N3O/c1-20(2)23-15-17-24(18-16-23)31-28-19-26(25-11-7-8-12-27(25)32-28)29(33)30-21(3)13-14-22-9-5-4-6-10-22/h4-12,15-21H,13-14H2,1-3H3,(H,30,33)(H,31,32)/t21-/m0/s1. The van der Waals surface area contributed by atoms with Crippen molar-refractivity contribution in [3.8, 4) is 0 Å². The van der Waals surface area contributed by atoms with Crippen molar-refractivity contribution in [2.24, 2.45) is 0 Å². The summed E-state index contributed by atoms with van der Waals surface area (Å²) in [6.45, 7) is 6.41. The monoisotopic (exact) mass is 437 g/mol. The molecular formula is C29H31N3O. The molecule has 4 aromatic rings. The highest BCUT2D eigenvalue weighted by Crippen LogP contribution is 2.25. The summed E-state index contributed by atoms with van der Waals surface area (Å²) in [7, 11) is 0. The average molecular weight is 438 g/mol. The van der Waals surface area contributed by atoms with Crippen LogP contribution < -0.4 is 10.6 Å². The second-order valence-electron chi connectivity index (χ2n) is 8.87. The molecule has 0 spiro atoms. The molecule has 1 atom stereocenters. The number of rotatable bonds is 8. The largest absolute Gasteiger partial charge is 0.350 e. The number of aromatic nitrogens is 1. The van der Waals surface area contributed by atoms with Gasteiger partial charge in [-0.15, -0.1) is 0 Å². The van der Waals surface area contributed by atoms with Crippen LogP contribution in [0.4, 0.5) is 11.5 Å². The number of fused-ring (bicyclic) bond motifs is 1. The van der Waals surface area contributed by atoms with Gasteiger partial charge in [-0.25, -0.2) is 4.98 Å². The first-order valence-electron chi connectivity index (χ1n) is 11.6. The van der Waals surface area contributed by atoms with Crippen LogP contribution in [-0.4, -0.2) is 16.9 Å². The Morgan fingerprint density at radius 3 is 2.30 bits per heavy atom. The van der Waals surface area contributed by atoms with Gasteiger partial charge in [0.1, 0.15) is 5.82 Å². The topological polar surface area (TPSA) is 54.0 Å². The van der Waals surface area contributed by atoms with Crippen LogP contribution in [0.3, 0.4) is 0 Å². The van der Waals surface area contributed by atoms with Crippen molar-refractivity contribution in [2.45, 2.75) is 45.6 Å². The molecule has 0 bridgehead atoms. The molecule has 0 saturated carbocycles. The van der Waals surface area contributed by atoms with Crippen molar-refractivity contribution in [1.82, 2.24) is 10.3 Å². The van der Waals surface area contributed by atoms with Gasteiger partial charge in [-0.2, -0.15) is 0 Å². The Morgan fingerprint density at radius 1 is 0.879 bits per heavy atom. The molecule has 1 aromatic heterocycles. The summed E-state index contributed by atoms with van der Waals surface area (Å²) in [5.74, 6) is 1.07. The lowest BCUT2D eigenvalue weighted by Crippen LogP contribution is -2.33. The van der Waals surface area contributed by atoms with Gasteiger partial charge in [-0.05, 0) is 61.1 Å². The molecular weight excluding hydrogens is 406 g/mol. The fourth-order valence-corrected chi connectivity index (χ4v) is 3.93. The van der Waals surface area contributed by atoms with Crippen molar-refractivity contribution in [1.29, 1.82) is 0 Å². The fourth-order valence-electron chi connectivity index (χ4n) is 3.93. The van der Waals surface area contributed by atoms with E-state index in [-0.39, 0.29) is 11.9 Å². The van der Waals surface area contributed by atoms with E-state index in [9.17, 15) is 4.79 Å². The minimum Gasteiger partial charge on any atom is -0.350 e. The number of anilines is 2. The molecule has 1 heterocycles. The SMILES string of the molecule is CC(C)c1ccc(Nc2cc(C(=O)N[C@@H](C)CCc3ccccc3)c3ccccc3n2)cc1. The summed E-state index contributed by atoms with van der Waals surface area (Å²) in [5.41, 5.74) is 4.95. The first-order chi connectivity index (χ1) is 16.0. The summed E-state index contributed by atoms with van der Waals surface area (Å²) in [6.07, 6.45) is 1.81. The van der Waals surface area contributed by atoms with Gasteiger partial charge in [-0.1, -0.05) is 74.5 Å². The summed E-state index contributed by atoms with van der Waals surface area (Å²) >= 11 is 0. The van der Waals surface area contributed by atoms with E-state index in [1.165, 1.54) is 11.1 Å². The molecule has 0 radical (unpaired) electrons. The van der Waals surface area contributed by atoms with E-state index in [0.29, 0.717) is 17.3 Å². The number of carbonyl (C=O) groups excluding carboxylic acids is 1. The van der Waals surface area contributed by atoms with Crippen LogP contribution in [0.2, 0.25) is 0 Å². The van der Waals surface area contributed by atoms with Gasteiger partial charge < -0.3 is 10.6 Å². The molecule has 2 N–H and O–H groups in total. The molecule has 0 unspecified atom stereocenters. The van der Waals surface area contributed by atoms with Crippen LogP contribution in [0.5, 0.6) is 0 Å². The molecule has 4 heteroatoms. The second kappa shape index (κ2) is 10.3. The molecule has 0 aliphatic rings. The minimum absolute atomic E-state index is 0.0598. The van der Waals surface area contributed by atoms with Gasteiger partial charge in [0.05, 0.1) is 11.1 Å². The predicted molar refractivity (Wildman–Crippen MR) is 137 cm³/mol. The Kier molecular flexibility index (Phi) is 7.04. The van der Waals surface area contributed by atoms with E-state index in [2.05, 4.69) is 67.8 Å². The number of para-hydroxylation sites is 1. The number of nitrogens with one attached hydrogen (secondary N) is 2. The average Bonchev–Trinajstić information content (AvgIpc) is 2.83. The van der Waals surface area contributed by atoms with Gasteiger partial charge >= 0.3 is 0 Å². The number of nitrogens with zero attached hydrogens (tertiary/aromatic N) is 1. The van der Waals surface area contributed by atoms with Crippen molar-refractivity contribution in [2.75, 3.05) is 5.32 Å². The zero-order valence-electron chi connectivity index (χ0n) is 19.5. The first-order valence-corrected chi connectivity index (χ1v) is 11.6. The second-order valence-corrected chi connectivity index (χ2v) is 8.87. The molecule has 0 aliphatic carbocycles. The molecule has 4 rings (SSSR count). The van der Waals surface area contributed by atoms with E-state index in [4.69, 9.17) is 4.98 Å². The van der Waals surface area contributed by atoms with Gasteiger partial charge in [0.2, 0.25) is 0 Å². The van der Waals surface area contributed by atoms with Gasteiger partial charge in [0, 0.05) is 17.1 Å². The van der Waals surface area contributed by atoms with Crippen molar-refractivity contribution >= 4 is 28.3 Å². The molecule has 168 valence electrons. The summed E-state index contributed by atoms with van der Waals surface area (Å²) in [4.78, 5) is 18.0. The summed E-state index contributed by atoms with van der Waals surface area (Å²) in [5, 5.41) is 7.39.